The van der Waals surface area contributed by atoms with Crippen molar-refractivity contribution >= 4 is 17.2 Å². The summed E-state index contributed by atoms with van der Waals surface area (Å²) >= 11 is 1.64. The first-order valence-corrected chi connectivity index (χ1v) is 8.79. The minimum absolute atomic E-state index is 0.0335. The van der Waals surface area contributed by atoms with Gasteiger partial charge in [0.1, 0.15) is 0 Å². The van der Waals surface area contributed by atoms with E-state index in [0.29, 0.717) is 18.0 Å². The number of benzene rings is 1. The Morgan fingerprint density at radius 2 is 2.04 bits per heavy atom. The number of fused-ring (bicyclic) bond motifs is 1. The molecule has 1 aromatic carbocycles. The van der Waals surface area contributed by atoms with Gasteiger partial charge in [0.2, 0.25) is 5.91 Å². The summed E-state index contributed by atoms with van der Waals surface area (Å²) in [5, 5.41) is 2.03. The number of amides is 1. The molecule has 2 aromatic rings. The number of rotatable bonds is 4. The maximum atomic E-state index is 12.6. The number of thiophene rings is 1. The van der Waals surface area contributed by atoms with E-state index >= 15 is 0 Å². The fraction of sp³-hybridized carbons (Fsp3) is 0.389. The average Bonchev–Trinajstić information content (AvgIpc) is 3.12. The van der Waals surface area contributed by atoms with Crippen LogP contribution in [-0.4, -0.2) is 37.6 Å². The maximum absolute atomic E-state index is 12.6. The molecule has 24 heavy (non-hydrogen) atoms. The molecular weight excluding hydrogens is 324 g/mol. The molecule has 1 aliphatic heterocycles. The molecule has 5 nitrogen and oxygen atoms in total. The lowest BCUT2D eigenvalue weighted by Crippen LogP contribution is -2.47. The van der Waals surface area contributed by atoms with E-state index in [0.717, 1.165) is 16.9 Å². The van der Waals surface area contributed by atoms with Gasteiger partial charge in [0, 0.05) is 11.4 Å². The molecule has 0 radical (unpaired) electrons. The van der Waals surface area contributed by atoms with Crippen molar-refractivity contribution in [1.29, 1.82) is 0 Å². The summed E-state index contributed by atoms with van der Waals surface area (Å²) in [7, 11) is 3.26. The van der Waals surface area contributed by atoms with Gasteiger partial charge in [0.25, 0.3) is 0 Å². The number of hydrogen-bond donors (Lipinski definition) is 1. The lowest BCUT2D eigenvalue weighted by atomic mass is 9.90. The molecule has 2 heterocycles. The summed E-state index contributed by atoms with van der Waals surface area (Å²) < 4.78 is 10.9. The topological polar surface area (TPSA) is 64.8 Å². The van der Waals surface area contributed by atoms with Gasteiger partial charge in [-0.15, -0.1) is 11.3 Å². The Bertz CT molecular complexity index is 728. The number of hydrogen-bond acceptors (Lipinski definition) is 5. The van der Waals surface area contributed by atoms with E-state index in [1.165, 1.54) is 5.56 Å². The number of carbonyl (C=O) groups excluding carboxylic acids is 1. The molecule has 2 atom stereocenters. The summed E-state index contributed by atoms with van der Waals surface area (Å²) in [5.74, 6) is 1.36. The molecule has 0 saturated carbocycles. The smallest absolute Gasteiger partial charge is 0.240 e. The molecule has 0 saturated heterocycles. The predicted octanol–water partition coefficient (Wildman–Crippen LogP) is 2.59. The molecule has 1 amide bonds. The number of ether oxygens (including phenoxy) is 2. The van der Waals surface area contributed by atoms with Crippen LogP contribution >= 0.6 is 11.3 Å². The van der Waals surface area contributed by atoms with Crippen LogP contribution in [0, 0.1) is 0 Å². The lowest BCUT2D eigenvalue weighted by molar-refractivity contribution is -0.134. The van der Waals surface area contributed by atoms with E-state index in [4.69, 9.17) is 15.2 Å². The first-order chi connectivity index (χ1) is 11.6. The van der Waals surface area contributed by atoms with Gasteiger partial charge in [-0.25, -0.2) is 0 Å². The fourth-order valence-electron chi connectivity index (χ4n) is 3.20. The first kappa shape index (κ1) is 16.8. The second-order valence-corrected chi connectivity index (χ2v) is 6.87. The second kappa shape index (κ2) is 6.83. The largest absolute Gasteiger partial charge is 0.493 e. The van der Waals surface area contributed by atoms with E-state index in [-0.39, 0.29) is 11.9 Å². The zero-order valence-corrected chi connectivity index (χ0v) is 14.9. The molecule has 0 aliphatic carbocycles. The Morgan fingerprint density at radius 3 is 2.62 bits per heavy atom. The highest BCUT2D eigenvalue weighted by Crippen LogP contribution is 2.42. The van der Waals surface area contributed by atoms with Crippen LogP contribution in [-0.2, 0) is 11.2 Å². The van der Waals surface area contributed by atoms with Gasteiger partial charge >= 0.3 is 0 Å². The van der Waals surface area contributed by atoms with Crippen LogP contribution in [0.25, 0.3) is 0 Å². The molecule has 6 heteroatoms. The quantitative estimate of drug-likeness (QED) is 0.924. The third kappa shape index (κ3) is 2.87. The molecule has 0 bridgehead atoms. The highest BCUT2D eigenvalue weighted by Gasteiger charge is 2.34. The molecule has 0 fully saturated rings. The van der Waals surface area contributed by atoms with Crippen molar-refractivity contribution in [2.45, 2.75) is 25.4 Å². The SMILES string of the molecule is COc1cc2c(cc1OC)C(c1cccs1)N(C(=O)C(C)N)CC2. The van der Waals surface area contributed by atoms with E-state index in [1.807, 2.05) is 28.5 Å². The van der Waals surface area contributed by atoms with Crippen molar-refractivity contribution in [2.75, 3.05) is 20.8 Å². The van der Waals surface area contributed by atoms with Crippen LogP contribution in [0.1, 0.15) is 29.0 Å². The molecular formula is C18H22N2O3S. The van der Waals surface area contributed by atoms with E-state index in [1.54, 1.807) is 32.5 Å². The van der Waals surface area contributed by atoms with Crippen LogP contribution in [0.2, 0.25) is 0 Å². The van der Waals surface area contributed by atoms with Gasteiger partial charge in [0.15, 0.2) is 11.5 Å². The number of carbonyl (C=O) groups is 1. The standard InChI is InChI=1S/C18H22N2O3S/c1-11(19)18(21)20-7-6-12-9-14(22-2)15(23-3)10-13(12)17(20)16-5-4-8-24-16/h4-5,8-11,17H,6-7,19H2,1-3H3. The molecule has 2 N–H and O–H groups in total. The van der Waals surface area contributed by atoms with Crippen molar-refractivity contribution in [3.05, 3.63) is 45.6 Å². The molecule has 1 aliphatic rings. The highest BCUT2D eigenvalue weighted by atomic mass is 32.1. The van der Waals surface area contributed by atoms with Crippen LogP contribution in [0.4, 0.5) is 0 Å². The average molecular weight is 346 g/mol. The van der Waals surface area contributed by atoms with Crippen LogP contribution in [0.5, 0.6) is 11.5 Å². The van der Waals surface area contributed by atoms with Crippen molar-refractivity contribution in [3.63, 3.8) is 0 Å². The van der Waals surface area contributed by atoms with Crippen molar-refractivity contribution in [2.24, 2.45) is 5.73 Å². The molecule has 0 spiro atoms. The Labute approximate surface area is 146 Å². The van der Waals surface area contributed by atoms with E-state index < -0.39 is 6.04 Å². The van der Waals surface area contributed by atoms with Gasteiger partial charge in [0.05, 0.1) is 26.3 Å². The first-order valence-electron chi connectivity index (χ1n) is 7.91. The number of methoxy groups -OCH3 is 2. The molecule has 128 valence electrons. The molecule has 2 unspecified atom stereocenters. The second-order valence-electron chi connectivity index (χ2n) is 5.89. The maximum Gasteiger partial charge on any atom is 0.240 e. The lowest BCUT2D eigenvalue weighted by Gasteiger charge is -2.38. The summed E-state index contributed by atoms with van der Waals surface area (Å²) in [6.45, 7) is 2.38. The Kier molecular flexibility index (Phi) is 4.78. The Balaban J connectivity index is 2.13. The highest BCUT2D eigenvalue weighted by molar-refractivity contribution is 7.10. The zero-order valence-electron chi connectivity index (χ0n) is 14.1. The number of nitrogens with zero attached hydrogens (tertiary/aromatic N) is 1. The van der Waals surface area contributed by atoms with Crippen molar-refractivity contribution in [3.8, 4) is 11.5 Å². The van der Waals surface area contributed by atoms with Gasteiger partial charge in [-0.3, -0.25) is 4.79 Å². The number of nitrogens with two attached hydrogens (primary N) is 1. The summed E-state index contributed by atoms with van der Waals surface area (Å²) in [4.78, 5) is 15.6. The van der Waals surface area contributed by atoms with Gasteiger partial charge < -0.3 is 20.1 Å². The summed E-state index contributed by atoms with van der Waals surface area (Å²) in [5.41, 5.74) is 8.13. The zero-order chi connectivity index (χ0) is 17.3. The van der Waals surface area contributed by atoms with Crippen LogP contribution in [0.15, 0.2) is 29.6 Å². The Hall–Kier alpha value is -2.05. The molecule has 1 aromatic heterocycles. The summed E-state index contributed by atoms with van der Waals surface area (Å²) in [6, 6.07) is 7.41. The monoisotopic (exact) mass is 346 g/mol. The molecule has 3 rings (SSSR count). The third-order valence-corrected chi connectivity index (χ3v) is 5.28. The predicted molar refractivity (Wildman–Crippen MR) is 94.8 cm³/mol. The van der Waals surface area contributed by atoms with E-state index in [9.17, 15) is 4.79 Å². The summed E-state index contributed by atoms with van der Waals surface area (Å²) in [6.07, 6.45) is 0.774. The fourth-order valence-corrected chi connectivity index (χ4v) is 4.05. The van der Waals surface area contributed by atoms with E-state index in [2.05, 4.69) is 6.07 Å². The third-order valence-electron chi connectivity index (χ3n) is 4.36. The van der Waals surface area contributed by atoms with Crippen molar-refractivity contribution in [1.82, 2.24) is 4.90 Å². The van der Waals surface area contributed by atoms with Gasteiger partial charge in [-0.05, 0) is 48.1 Å². The minimum atomic E-state index is -0.519. The van der Waals surface area contributed by atoms with Gasteiger partial charge in [-0.2, -0.15) is 0 Å². The minimum Gasteiger partial charge on any atom is -0.493 e. The van der Waals surface area contributed by atoms with Gasteiger partial charge in [-0.1, -0.05) is 6.07 Å². The van der Waals surface area contributed by atoms with Crippen molar-refractivity contribution < 1.29 is 14.3 Å². The van der Waals surface area contributed by atoms with Crippen LogP contribution < -0.4 is 15.2 Å². The Morgan fingerprint density at radius 1 is 1.33 bits per heavy atom. The normalized spacial score (nSPS) is 18.0. The van der Waals surface area contributed by atoms with Crippen LogP contribution in [0.3, 0.4) is 0 Å².